The lowest BCUT2D eigenvalue weighted by atomic mass is 10.0. The fourth-order valence-corrected chi connectivity index (χ4v) is 2.05. The number of anilines is 1. The molecule has 0 aliphatic carbocycles. The summed E-state index contributed by atoms with van der Waals surface area (Å²) in [6.07, 6.45) is 2.21. The zero-order valence-electron chi connectivity index (χ0n) is 11.8. The van der Waals surface area contributed by atoms with E-state index >= 15 is 0 Å². The quantitative estimate of drug-likeness (QED) is 0.627. The van der Waals surface area contributed by atoms with Gasteiger partial charge >= 0.3 is 5.69 Å². The normalized spacial score (nSPS) is 11.9. The minimum Gasteiger partial charge on any atom is -0.360 e. The predicted molar refractivity (Wildman–Crippen MR) is 82.2 cm³/mol. The third-order valence-electron chi connectivity index (χ3n) is 3.21. The maximum Gasteiger partial charge on any atom is 0.311 e. The second-order valence-electron chi connectivity index (χ2n) is 4.89. The number of nitrogens with two attached hydrogens (primary N) is 1. The number of hydrogen-bond donors (Lipinski definition) is 2. The second kappa shape index (κ2) is 6.81. The van der Waals surface area contributed by atoms with E-state index in [1.807, 2.05) is 31.2 Å². The number of aromatic nitrogens is 1. The van der Waals surface area contributed by atoms with Gasteiger partial charge in [-0.05, 0) is 25.0 Å². The summed E-state index contributed by atoms with van der Waals surface area (Å²) in [6.45, 7) is 2.39. The molecule has 6 heteroatoms. The maximum atomic E-state index is 11.0. The SMILES string of the molecule is Cc1ccc(CC(CN)Nc2ncccc2[N+](=O)[O-])cc1. The summed E-state index contributed by atoms with van der Waals surface area (Å²) in [6, 6.07) is 11.0. The number of pyridine rings is 1. The first-order chi connectivity index (χ1) is 10.1. The minimum atomic E-state index is -0.450. The van der Waals surface area contributed by atoms with Crippen LogP contribution in [0.25, 0.3) is 0 Å². The molecule has 0 saturated heterocycles. The van der Waals surface area contributed by atoms with E-state index in [9.17, 15) is 10.1 Å². The average molecular weight is 286 g/mol. The molecule has 0 aliphatic rings. The van der Waals surface area contributed by atoms with Gasteiger partial charge in [0.05, 0.1) is 4.92 Å². The number of rotatable bonds is 6. The van der Waals surface area contributed by atoms with Gasteiger partial charge in [0, 0.05) is 24.8 Å². The fourth-order valence-electron chi connectivity index (χ4n) is 2.05. The van der Waals surface area contributed by atoms with Crippen LogP contribution in [0.1, 0.15) is 11.1 Å². The number of nitro groups is 1. The Bertz CT molecular complexity index is 613. The van der Waals surface area contributed by atoms with Crippen molar-refractivity contribution in [3.05, 3.63) is 63.8 Å². The number of nitrogens with zero attached hydrogens (tertiary/aromatic N) is 2. The summed E-state index contributed by atoms with van der Waals surface area (Å²) < 4.78 is 0. The van der Waals surface area contributed by atoms with Crippen molar-refractivity contribution >= 4 is 11.5 Å². The summed E-state index contributed by atoms with van der Waals surface area (Å²) in [5.74, 6) is 0.255. The molecule has 0 amide bonds. The molecule has 6 nitrogen and oxygen atoms in total. The molecule has 1 unspecified atom stereocenters. The van der Waals surface area contributed by atoms with E-state index in [0.29, 0.717) is 13.0 Å². The van der Waals surface area contributed by atoms with Gasteiger partial charge in [-0.15, -0.1) is 0 Å². The van der Waals surface area contributed by atoms with Crippen LogP contribution >= 0.6 is 0 Å². The van der Waals surface area contributed by atoms with Crippen molar-refractivity contribution in [1.82, 2.24) is 4.98 Å². The Morgan fingerprint density at radius 1 is 1.33 bits per heavy atom. The molecule has 21 heavy (non-hydrogen) atoms. The molecule has 0 saturated carbocycles. The highest BCUT2D eigenvalue weighted by Crippen LogP contribution is 2.21. The third-order valence-corrected chi connectivity index (χ3v) is 3.21. The molecule has 1 aromatic heterocycles. The van der Waals surface area contributed by atoms with E-state index in [-0.39, 0.29) is 17.5 Å². The molecule has 1 heterocycles. The van der Waals surface area contributed by atoms with Crippen molar-refractivity contribution < 1.29 is 4.92 Å². The van der Waals surface area contributed by atoms with Gasteiger partial charge in [0.2, 0.25) is 5.82 Å². The van der Waals surface area contributed by atoms with Crippen LogP contribution in [0.3, 0.4) is 0 Å². The predicted octanol–water partition coefficient (Wildman–Crippen LogP) is 2.28. The number of hydrogen-bond acceptors (Lipinski definition) is 5. The van der Waals surface area contributed by atoms with Crippen LogP contribution in [0.15, 0.2) is 42.6 Å². The number of aryl methyl sites for hydroxylation is 1. The van der Waals surface area contributed by atoms with Gasteiger partial charge in [0.25, 0.3) is 0 Å². The topological polar surface area (TPSA) is 94.1 Å². The van der Waals surface area contributed by atoms with E-state index in [0.717, 1.165) is 5.56 Å². The highest BCUT2D eigenvalue weighted by atomic mass is 16.6. The molecule has 0 radical (unpaired) electrons. The second-order valence-corrected chi connectivity index (χ2v) is 4.89. The first-order valence-electron chi connectivity index (χ1n) is 6.71. The monoisotopic (exact) mass is 286 g/mol. The van der Waals surface area contributed by atoms with Crippen molar-refractivity contribution in [3.63, 3.8) is 0 Å². The number of benzene rings is 1. The van der Waals surface area contributed by atoms with Gasteiger partial charge in [-0.1, -0.05) is 29.8 Å². The molecule has 2 rings (SSSR count). The molecular weight excluding hydrogens is 268 g/mol. The van der Waals surface area contributed by atoms with Gasteiger partial charge in [-0.3, -0.25) is 10.1 Å². The molecule has 1 atom stereocenters. The molecule has 0 aliphatic heterocycles. The Labute approximate surface area is 123 Å². The maximum absolute atomic E-state index is 11.0. The van der Waals surface area contributed by atoms with E-state index in [1.54, 1.807) is 6.07 Å². The third kappa shape index (κ3) is 4.00. The standard InChI is InChI=1S/C15H18N4O2/c1-11-4-6-12(7-5-11)9-13(10-16)18-15-14(19(20)21)3-2-8-17-15/h2-8,13H,9-10,16H2,1H3,(H,17,18). The van der Waals surface area contributed by atoms with Crippen LogP contribution < -0.4 is 11.1 Å². The van der Waals surface area contributed by atoms with Crippen LogP contribution in [-0.4, -0.2) is 22.5 Å². The first-order valence-corrected chi connectivity index (χ1v) is 6.71. The number of nitrogens with one attached hydrogen (secondary N) is 1. The summed E-state index contributed by atoms with van der Waals surface area (Å²) in [4.78, 5) is 14.6. The highest BCUT2D eigenvalue weighted by molar-refractivity contribution is 5.55. The summed E-state index contributed by atoms with van der Waals surface area (Å²) in [5.41, 5.74) is 8.04. The highest BCUT2D eigenvalue weighted by Gasteiger charge is 2.17. The smallest absolute Gasteiger partial charge is 0.311 e. The first kappa shape index (κ1) is 14.9. The minimum absolute atomic E-state index is 0.0418. The summed E-state index contributed by atoms with van der Waals surface area (Å²) in [7, 11) is 0. The van der Waals surface area contributed by atoms with E-state index in [2.05, 4.69) is 10.3 Å². The van der Waals surface area contributed by atoms with Gasteiger partial charge < -0.3 is 11.1 Å². The zero-order chi connectivity index (χ0) is 15.2. The Morgan fingerprint density at radius 3 is 2.67 bits per heavy atom. The molecule has 0 bridgehead atoms. The largest absolute Gasteiger partial charge is 0.360 e. The lowest BCUT2D eigenvalue weighted by Gasteiger charge is -2.17. The molecular formula is C15H18N4O2. The van der Waals surface area contributed by atoms with Crippen LogP contribution in [0.5, 0.6) is 0 Å². The van der Waals surface area contributed by atoms with Gasteiger partial charge in [-0.25, -0.2) is 4.98 Å². The molecule has 0 spiro atoms. The molecule has 2 aromatic rings. The molecule has 0 fully saturated rings. The van der Waals surface area contributed by atoms with Crippen LogP contribution in [-0.2, 0) is 6.42 Å². The summed E-state index contributed by atoms with van der Waals surface area (Å²) >= 11 is 0. The van der Waals surface area contributed by atoms with Crippen LogP contribution in [0.2, 0.25) is 0 Å². The Hall–Kier alpha value is -2.47. The van der Waals surface area contributed by atoms with Crippen LogP contribution in [0.4, 0.5) is 11.5 Å². The van der Waals surface area contributed by atoms with Crippen LogP contribution in [0, 0.1) is 17.0 Å². The van der Waals surface area contributed by atoms with Crippen molar-refractivity contribution in [3.8, 4) is 0 Å². The summed E-state index contributed by atoms with van der Waals surface area (Å²) in [5, 5.41) is 14.0. The van der Waals surface area contributed by atoms with Crippen molar-refractivity contribution in [2.75, 3.05) is 11.9 Å². The van der Waals surface area contributed by atoms with Gasteiger partial charge in [0.1, 0.15) is 0 Å². The lowest BCUT2D eigenvalue weighted by molar-refractivity contribution is -0.384. The van der Waals surface area contributed by atoms with Crippen molar-refractivity contribution in [2.24, 2.45) is 5.73 Å². The molecule has 1 aromatic carbocycles. The average Bonchev–Trinajstić information content (AvgIpc) is 2.49. The van der Waals surface area contributed by atoms with E-state index in [4.69, 9.17) is 5.73 Å². The zero-order valence-corrected chi connectivity index (χ0v) is 11.8. The van der Waals surface area contributed by atoms with Crippen molar-refractivity contribution in [1.29, 1.82) is 0 Å². The lowest BCUT2D eigenvalue weighted by Crippen LogP contribution is -2.31. The Balaban J connectivity index is 2.12. The van der Waals surface area contributed by atoms with E-state index in [1.165, 1.54) is 17.8 Å². The van der Waals surface area contributed by atoms with E-state index < -0.39 is 4.92 Å². The van der Waals surface area contributed by atoms with Gasteiger partial charge in [0.15, 0.2) is 0 Å². The Kier molecular flexibility index (Phi) is 4.84. The van der Waals surface area contributed by atoms with Gasteiger partial charge in [-0.2, -0.15) is 0 Å². The fraction of sp³-hybridized carbons (Fsp3) is 0.267. The Morgan fingerprint density at radius 2 is 2.05 bits per heavy atom. The molecule has 3 N–H and O–H groups in total. The van der Waals surface area contributed by atoms with Crippen molar-refractivity contribution in [2.45, 2.75) is 19.4 Å². The molecule has 110 valence electrons.